The minimum atomic E-state index is -0.159. The zero-order valence-corrected chi connectivity index (χ0v) is 18.4. The molecule has 3 unspecified atom stereocenters. The molecule has 3 heterocycles. The third kappa shape index (κ3) is 5.44. The molecule has 2 amide bonds. The Balaban J connectivity index is 1.33. The van der Waals surface area contributed by atoms with Crippen LogP contribution in [-0.2, 0) is 16.1 Å². The Morgan fingerprint density at radius 2 is 2.00 bits per heavy atom. The first-order valence-corrected chi connectivity index (χ1v) is 11.2. The van der Waals surface area contributed by atoms with Gasteiger partial charge in [0.15, 0.2) is 6.61 Å². The number of nitrogens with one attached hydrogen (secondary N) is 2. The average Bonchev–Trinajstić information content (AvgIpc) is 3.33. The molecule has 2 N–H and O–H groups in total. The number of aromatic nitrogens is 1. The number of likely N-dealkylation sites (tertiary alicyclic amines) is 1. The predicted molar refractivity (Wildman–Crippen MR) is 120 cm³/mol. The molecular weight excluding hydrogens is 406 g/mol. The first-order valence-electron chi connectivity index (χ1n) is 11.2. The van der Waals surface area contributed by atoms with Crippen LogP contribution in [0.15, 0.2) is 54.7 Å². The number of hydrazine groups is 1. The fourth-order valence-corrected chi connectivity index (χ4v) is 4.61. The van der Waals surface area contributed by atoms with Crippen LogP contribution in [0, 0.1) is 11.8 Å². The van der Waals surface area contributed by atoms with E-state index in [0.717, 1.165) is 18.4 Å². The van der Waals surface area contributed by atoms with Crippen LogP contribution in [0.25, 0.3) is 0 Å². The molecule has 170 valence electrons. The second kappa shape index (κ2) is 10.6. The Kier molecular flexibility index (Phi) is 7.34. The number of hydrogen-bond acceptors (Lipinski definition) is 6. The second-order valence-electron chi connectivity index (χ2n) is 8.54. The lowest BCUT2D eigenvalue weighted by atomic mass is 9.83. The SMILES string of the molecule is CN(Cc1ccccc1)C(=O)C1CNNC1C1CCCN(C(=O)COc2ccccn2)C1. The molecule has 0 radical (unpaired) electrons. The van der Waals surface area contributed by atoms with Crippen LogP contribution in [0.4, 0.5) is 0 Å². The molecule has 3 atom stereocenters. The minimum Gasteiger partial charge on any atom is -0.468 e. The van der Waals surface area contributed by atoms with E-state index in [9.17, 15) is 9.59 Å². The fraction of sp³-hybridized carbons (Fsp3) is 0.458. The van der Waals surface area contributed by atoms with Gasteiger partial charge < -0.3 is 14.5 Å². The van der Waals surface area contributed by atoms with Gasteiger partial charge in [-0.1, -0.05) is 36.4 Å². The number of rotatable bonds is 7. The summed E-state index contributed by atoms with van der Waals surface area (Å²) in [6.45, 7) is 2.49. The number of piperidine rings is 1. The molecule has 1 aromatic carbocycles. The summed E-state index contributed by atoms with van der Waals surface area (Å²) < 4.78 is 5.54. The Bertz CT molecular complexity index is 895. The maximum Gasteiger partial charge on any atom is 0.260 e. The minimum absolute atomic E-state index is 0.00645. The van der Waals surface area contributed by atoms with Gasteiger partial charge in [0.25, 0.3) is 5.91 Å². The van der Waals surface area contributed by atoms with Gasteiger partial charge in [-0.15, -0.1) is 0 Å². The van der Waals surface area contributed by atoms with Crippen molar-refractivity contribution in [3.8, 4) is 5.88 Å². The van der Waals surface area contributed by atoms with Crippen molar-refractivity contribution in [3.05, 3.63) is 60.3 Å². The van der Waals surface area contributed by atoms with Gasteiger partial charge in [-0.3, -0.25) is 20.4 Å². The molecule has 32 heavy (non-hydrogen) atoms. The van der Waals surface area contributed by atoms with Crippen LogP contribution < -0.4 is 15.6 Å². The molecule has 0 bridgehead atoms. The third-order valence-electron chi connectivity index (χ3n) is 6.28. The van der Waals surface area contributed by atoms with E-state index in [2.05, 4.69) is 15.8 Å². The summed E-state index contributed by atoms with van der Waals surface area (Å²) in [5.41, 5.74) is 7.61. The average molecular weight is 438 g/mol. The lowest BCUT2D eigenvalue weighted by Gasteiger charge is -2.37. The van der Waals surface area contributed by atoms with E-state index < -0.39 is 0 Å². The van der Waals surface area contributed by atoms with Crippen molar-refractivity contribution >= 4 is 11.8 Å². The molecule has 2 aliphatic rings. The van der Waals surface area contributed by atoms with Crippen LogP contribution >= 0.6 is 0 Å². The summed E-state index contributed by atoms with van der Waals surface area (Å²) in [6, 6.07) is 15.4. The first-order chi connectivity index (χ1) is 15.6. The van der Waals surface area contributed by atoms with Crippen molar-refractivity contribution < 1.29 is 14.3 Å². The lowest BCUT2D eigenvalue weighted by molar-refractivity contribution is -0.136. The Hall–Kier alpha value is -2.97. The van der Waals surface area contributed by atoms with Crippen molar-refractivity contribution in [1.82, 2.24) is 25.6 Å². The van der Waals surface area contributed by atoms with Crippen LogP contribution in [0.1, 0.15) is 18.4 Å². The Labute approximate surface area is 188 Å². The third-order valence-corrected chi connectivity index (χ3v) is 6.28. The quantitative estimate of drug-likeness (QED) is 0.682. The number of nitrogens with zero attached hydrogens (tertiary/aromatic N) is 3. The van der Waals surface area contributed by atoms with E-state index in [4.69, 9.17) is 4.74 Å². The van der Waals surface area contributed by atoms with E-state index in [0.29, 0.717) is 32.1 Å². The summed E-state index contributed by atoms with van der Waals surface area (Å²) in [5, 5.41) is 0. The van der Waals surface area contributed by atoms with E-state index in [-0.39, 0.29) is 36.3 Å². The van der Waals surface area contributed by atoms with Gasteiger partial charge in [0.05, 0.1) is 5.92 Å². The first kappa shape index (κ1) is 22.2. The highest BCUT2D eigenvalue weighted by Crippen LogP contribution is 2.27. The Morgan fingerprint density at radius 1 is 1.19 bits per heavy atom. The van der Waals surface area contributed by atoms with E-state index in [1.165, 1.54) is 0 Å². The molecule has 4 rings (SSSR count). The smallest absolute Gasteiger partial charge is 0.260 e. The summed E-state index contributed by atoms with van der Waals surface area (Å²) in [7, 11) is 1.86. The van der Waals surface area contributed by atoms with Crippen molar-refractivity contribution in [3.63, 3.8) is 0 Å². The summed E-state index contributed by atoms with van der Waals surface area (Å²) >= 11 is 0. The van der Waals surface area contributed by atoms with Crippen LogP contribution in [-0.4, -0.2) is 65.9 Å². The van der Waals surface area contributed by atoms with Crippen molar-refractivity contribution in [2.24, 2.45) is 11.8 Å². The van der Waals surface area contributed by atoms with Crippen LogP contribution in [0.5, 0.6) is 5.88 Å². The molecule has 0 aliphatic carbocycles. The Morgan fingerprint density at radius 3 is 2.78 bits per heavy atom. The molecule has 2 aromatic rings. The van der Waals surface area contributed by atoms with E-state index in [1.807, 2.05) is 54.4 Å². The monoisotopic (exact) mass is 437 g/mol. The van der Waals surface area contributed by atoms with Gasteiger partial charge >= 0.3 is 0 Å². The molecule has 0 spiro atoms. The summed E-state index contributed by atoms with van der Waals surface area (Å²) in [5.74, 6) is 0.571. The van der Waals surface area contributed by atoms with E-state index >= 15 is 0 Å². The van der Waals surface area contributed by atoms with E-state index in [1.54, 1.807) is 17.2 Å². The highest BCUT2D eigenvalue weighted by Gasteiger charge is 2.41. The second-order valence-corrected chi connectivity index (χ2v) is 8.54. The van der Waals surface area contributed by atoms with Gasteiger partial charge in [-0.2, -0.15) is 0 Å². The number of ether oxygens (including phenoxy) is 1. The van der Waals surface area contributed by atoms with Gasteiger partial charge in [0.2, 0.25) is 11.8 Å². The van der Waals surface area contributed by atoms with Gasteiger partial charge in [0, 0.05) is 51.5 Å². The normalized spacial score (nSPS) is 23.0. The topological polar surface area (TPSA) is 86.8 Å². The highest BCUT2D eigenvalue weighted by molar-refractivity contribution is 5.80. The zero-order valence-electron chi connectivity index (χ0n) is 18.4. The largest absolute Gasteiger partial charge is 0.468 e. The predicted octanol–water partition coefficient (Wildman–Crippen LogP) is 1.45. The molecule has 0 saturated carbocycles. The van der Waals surface area contributed by atoms with Gasteiger partial charge in [-0.25, -0.2) is 4.98 Å². The number of hydrogen-bond donors (Lipinski definition) is 2. The van der Waals surface area contributed by atoms with Crippen molar-refractivity contribution in [2.75, 3.05) is 33.3 Å². The van der Waals surface area contributed by atoms with Gasteiger partial charge in [0.1, 0.15) is 0 Å². The summed E-state index contributed by atoms with van der Waals surface area (Å²) in [6.07, 6.45) is 3.54. The molecular formula is C24H31N5O3. The number of benzene rings is 1. The molecule has 2 saturated heterocycles. The molecule has 8 heteroatoms. The molecule has 8 nitrogen and oxygen atoms in total. The standard InChI is InChI=1S/C24H31N5O3/c1-28(15-18-8-3-2-4-9-18)24(31)20-14-26-27-23(20)19-10-7-13-29(16-19)22(30)17-32-21-11-5-6-12-25-21/h2-6,8-9,11-12,19-20,23,26-27H,7,10,13-17H2,1H3. The number of pyridine rings is 1. The number of carbonyl (C=O) groups excluding carboxylic acids is 2. The maximum absolute atomic E-state index is 13.2. The van der Waals surface area contributed by atoms with Crippen LogP contribution in [0.3, 0.4) is 0 Å². The molecule has 2 aliphatic heterocycles. The van der Waals surface area contributed by atoms with Crippen LogP contribution in [0.2, 0.25) is 0 Å². The molecule has 1 aromatic heterocycles. The van der Waals surface area contributed by atoms with Gasteiger partial charge in [-0.05, 0) is 30.4 Å². The fourth-order valence-electron chi connectivity index (χ4n) is 4.61. The summed E-state index contributed by atoms with van der Waals surface area (Å²) in [4.78, 5) is 33.7. The molecule has 2 fully saturated rings. The maximum atomic E-state index is 13.2. The van der Waals surface area contributed by atoms with Crippen molar-refractivity contribution in [2.45, 2.75) is 25.4 Å². The lowest BCUT2D eigenvalue weighted by Crippen LogP contribution is -2.51. The number of carbonyl (C=O) groups is 2. The van der Waals surface area contributed by atoms with Crippen molar-refractivity contribution in [1.29, 1.82) is 0 Å². The zero-order chi connectivity index (χ0) is 22.3. The highest BCUT2D eigenvalue weighted by atomic mass is 16.5. The number of amides is 2.